The number of aromatic nitrogens is 2. The Balaban J connectivity index is 2.03. The molecule has 122 valence electrons. The molecule has 2 rings (SSSR count). The van der Waals surface area contributed by atoms with Crippen LogP contribution in [0.4, 0.5) is 5.69 Å². The second-order valence-electron chi connectivity index (χ2n) is 4.81. The van der Waals surface area contributed by atoms with Crippen molar-refractivity contribution in [3.63, 3.8) is 0 Å². The van der Waals surface area contributed by atoms with E-state index in [1.807, 2.05) is 6.26 Å². The number of rotatable bonds is 5. The number of nitrogens with one attached hydrogen (secondary N) is 2. The summed E-state index contributed by atoms with van der Waals surface area (Å²) in [6.45, 7) is 1.77. The van der Waals surface area contributed by atoms with E-state index in [0.29, 0.717) is 33.5 Å². The lowest BCUT2D eigenvalue weighted by molar-refractivity contribution is -0.116. The van der Waals surface area contributed by atoms with E-state index in [4.69, 9.17) is 11.6 Å². The molecule has 1 aromatic heterocycles. The topological polar surface area (TPSA) is 74.8 Å². The molecule has 23 heavy (non-hydrogen) atoms. The van der Waals surface area contributed by atoms with Crippen LogP contribution in [-0.2, 0) is 11.2 Å². The van der Waals surface area contributed by atoms with Gasteiger partial charge < -0.3 is 10.3 Å². The van der Waals surface area contributed by atoms with E-state index in [-0.39, 0.29) is 17.9 Å². The Hall–Kier alpha value is -1.31. The zero-order chi connectivity index (χ0) is 17.0. The molecule has 0 radical (unpaired) electrons. The number of hydrogen-bond donors (Lipinski definition) is 2. The highest BCUT2D eigenvalue weighted by Crippen LogP contribution is 2.25. The average molecular weight is 417 g/mol. The van der Waals surface area contributed by atoms with E-state index in [1.54, 1.807) is 25.1 Å². The number of anilines is 1. The van der Waals surface area contributed by atoms with Gasteiger partial charge in [-0.3, -0.25) is 9.59 Å². The average Bonchev–Trinajstić information content (AvgIpc) is 2.49. The Morgan fingerprint density at radius 3 is 2.83 bits per heavy atom. The van der Waals surface area contributed by atoms with E-state index in [9.17, 15) is 9.59 Å². The first-order chi connectivity index (χ1) is 10.9. The third kappa shape index (κ3) is 4.83. The summed E-state index contributed by atoms with van der Waals surface area (Å²) in [4.78, 5) is 31.0. The minimum absolute atomic E-state index is 0.177. The molecule has 0 aliphatic heterocycles. The van der Waals surface area contributed by atoms with Crippen LogP contribution in [0, 0.1) is 6.92 Å². The number of thioether (sulfide) groups is 1. The van der Waals surface area contributed by atoms with Crippen molar-refractivity contribution < 1.29 is 4.79 Å². The van der Waals surface area contributed by atoms with Crippen molar-refractivity contribution in [2.24, 2.45) is 0 Å². The number of halogens is 2. The standard InChI is InChI=1S/C15H15BrClN3O2S/c1-8-10(14(22)20-15(18-8)23-2)4-6-13(21)19-12-5-3-9(16)7-11(12)17/h3,5,7H,4,6H2,1-2H3,(H,19,21)(H,18,20,22). The number of amides is 1. The number of nitrogens with zero attached hydrogens (tertiary/aromatic N) is 1. The first-order valence-electron chi connectivity index (χ1n) is 6.79. The minimum atomic E-state index is -0.207. The van der Waals surface area contributed by atoms with Crippen molar-refractivity contribution >= 4 is 50.9 Å². The highest BCUT2D eigenvalue weighted by Gasteiger charge is 2.11. The van der Waals surface area contributed by atoms with Gasteiger partial charge in [-0.05, 0) is 37.8 Å². The SMILES string of the molecule is CSc1nc(C)c(CCC(=O)Nc2ccc(Br)cc2Cl)c(=O)[nH]1. The van der Waals surface area contributed by atoms with Gasteiger partial charge in [0, 0.05) is 22.2 Å². The zero-order valence-electron chi connectivity index (χ0n) is 12.6. The van der Waals surface area contributed by atoms with Crippen LogP contribution in [0.3, 0.4) is 0 Å². The minimum Gasteiger partial charge on any atom is -0.325 e. The third-order valence-electron chi connectivity index (χ3n) is 3.20. The van der Waals surface area contributed by atoms with Gasteiger partial charge in [-0.1, -0.05) is 39.3 Å². The molecule has 8 heteroatoms. The first kappa shape index (κ1) is 18.0. The molecule has 0 saturated carbocycles. The summed E-state index contributed by atoms with van der Waals surface area (Å²) in [5.74, 6) is -0.207. The van der Waals surface area contributed by atoms with Crippen LogP contribution in [0.15, 0.2) is 32.6 Å². The molecule has 0 saturated heterocycles. The lowest BCUT2D eigenvalue weighted by Gasteiger charge is -2.08. The van der Waals surface area contributed by atoms with Crippen molar-refractivity contribution in [3.05, 3.63) is 49.3 Å². The Kier molecular flexibility index (Phi) is 6.26. The number of aryl methyl sites for hydroxylation is 1. The maximum absolute atomic E-state index is 12.1. The molecule has 2 N–H and O–H groups in total. The lowest BCUT2D eigenvalue weighted by atomic mass is 10.1. The molecular formula is C15H15BrClN3O2S. The van der Waals surface area contributed by atoms with Gasteiger partial charge in [0.15, 0.2) is 5.16 Å². The quantitative estimate of drug-likeness (QED) is 0.574. The van der Waals surface area contributed by atoms with Gasteiger partial charge in [-0.2, -0.15) is 0 Å². The number of hydrogen-bond acceptors (Lipinski definition) is 4. The largest absolute Gasteiger partial charge is 0.325 e. The molecule has 2 aromatic rings. The normalized spacial score (nSPS) is 10.6. The Labute approximate surface area is 151 Å². The number of carbonyl (C=O) groups is 1. The number of aromatic amines is 1. The summed E-state index contributed by atoms with van der Waals surface area (Å²) in [6.07, 6.45) is 2.34. The van der Waals surface area contributed by atoms with E-state index in [2.05, 4.69) is 31.2 Å². The summed E-state index contributed by atoms with van der Waals surface area (Å²) in [7, 11) is 0. The van der Waals surface area contributed by atoms with Crippen LogP contribution in [0.25, 0.3) is 0 Å². The van der Waals surface area contributed by atoms with E-state index < -0.39 is 0 Å². The molecule has 5 nitrogen and oxygen atoms in total. The monoisotopic (exact) mass is 415 g/mol. The van der Waals surface area contributed by atoms with Crippen LogP contribution < -0.4 is 10.9 Å². The second-order valence-corrected chi connectivity index (χ2v) is 6.93. The van der Waals surface area contributed by atoms with Crippen molar-refractivity contribution in [2.45, 2.75) is 24.9 Å². The fourth-order valence-corrected chi connectivity index (χ4v) is 3.16. The number of benzene rings is 1. The second kappa shape index (κ2) is 7.99. The molecule has 0 aliphatic carbocycles. The van der Waals surface area contributed by atoms with Crippen molar-refractivity contribution in [3.8, 4) is 0 Å². The summed E-state index contributed by atoms with van der Waals surface area (Å²) in [5, 5.41) is 3.76. The number of carbonyl (C=O) groups excluding carboxylic acids is 1. The maximum Gasteiger partial charge on any atom is 0.254 e. The van der Waals surface area contributed by atoms with Crippen LogP contribution in [0.2, 0.25) is 5.02 Å². The fourth-order valence-electron chi connectivity index (χ4n) is 2.02. The van der Waals surface area contributed by atoms with Gasteiger partial charge in [0.2, 0.25) is 5.91 Å². The summed E-state index contributed by atoms with van der Waals surface area (Å²) in [6, 6.07) is 5.22. The van der Waals surface area contributed by atoms with E-state index in [0.717, 1.165) is 4.47 Å². The van der Waals surface area contributed by atoms with Gasteiger partial charge in [-0.15, -0.1) is 0 Å². The van der Waals surface area contributed by atoms with Gasteiger partial charge in [-0.25, -0.2) is 4.98 Å². The van der Waals surface area contributed by atoms with E-state index in [1.165, 1.54) is 11.8 Å². The summed E-state index contributed by atoms with van der Waals surface area (Å²) < 4.78 is 0.836. The molecule has 1 aromatic carbocycles. The van der Waals surface area contributed by atoms with Crippen molar-refractivity contribution in [2.75, 3.05) is 11.6 Å². The van der Waals surface area contributed by atoms with Crippen LogP contribution in [0.1, 0.15) is 17.7 Å². The molecule has 0 aliphatic rings. The smallest absolute Gasteiger partial charge is 0.254 e. The summed E-state index contributed by atoms with van der Waals surface area (Å²) >= 11 is 10.7. The Bertz CT molecular complexity index is 795. The van der Waals surface area contributed by atoms with Gasteiger partial charge >= 0.3 is 0 Å². The molecular weight excluding hydrogens is 402 g/mol. The Morgan fingerprint density at radius 2 is 2.22 bits per heavy atom. The molecule has 0 fully saturated rings. The Morgan fingerprint density at radius 1 is 1.48 bits per heavy atom. The van der Waals surface area contributed by atoms with Gasteiger partial charge in [0.05, 0.1) is 10.7 Å². The van der Waals surface area contributed by atoms with Gasteiger partial charge in [0.1, 0.15) is 0 Å². The van der Waals surface area contributed by atoms with Gasteiger partial charge in [0.25, 0.3) is 5.56 Å². The maximum atomic E-state index is 12.1. The molecule has 0 atom stereocenters. The molecule has 0 unspecified atom stereocenters. The predicted molar refractivity (Wildman–Crippen MR) is 97.5 cm³/mol. The molecule has 1 amide bonds. The highest BCUT2D eigenvalue weighted by atomic mass is 79.9. The molecule has 1 heterocycles. The highest BCUT2D eigenvalue weighted by molar-refractivity contribution is 9.10. The van der Waals surface area contributed by atoms with Crippen LogP contribution >= 0.6 is 39.3 Å². The molecule has 0 bridgehead atoms. The van der Waals surface area contributed by atoms with Crippen molar-refractivity contribution in [1.82, 2.24) is 9.97 Å². The van der Waals surface area contributed by atoms with Crippen LogP contribution in [0.5, 0.6) is 0 Å². The number of H-pyrrole nitrogens is 1. The predicted octanol–water partition coefficient (Wildman–Crippen LogP) is 3.79. The first-order valence-corrected chi connectivity index (χ1v) is 9.19. The zero-order valence-corrected chi connectivity index (χ0v) is 15.7. The molecule has 0 spiro atoms. The third-order valence-corrected chi connectivity index (χ3v) is 4.59. The van der Waals surface area contributed by atoms with E-state index >= 15 is 0 Å². The van der Waals surface area contributed by atoms with Crippen LogP contribution in [-0.4, -0.2) is 22.1 Å². The fraction of sp³-hybridized carbons (Fsp3) is 0.267. The van der Waals surface area contributed by atoms with Crippen molar-refractivity contribution in [1.29, 1.82) is 0 Å². The lowest BCUT2D eigenvalue weighted by Crippen LogP contribution is -2.20. The summed E-state index contributed by atoms with van der Waals surface area (Å²) in [5.41, 5.74) is 1.52.